The highest BCUT2D eigenvalue weighted by molar-refractivity contribution is 8.00. The van der Waals surface area contributed by atoms with Crippen LogP contribution in [-0.2, 0) is 14.3 Å². The summed E-state index contributed by atoms with van der Waals surface area (Å²) in [5, 5.41) is 12.7. The number of non-ortho nitro benzene ring substituents is 1. The molecule has 0 saturated carbocycles. The van der Waals surface area contributed by atoms with Gasteiger partial charge in [-0.3, -0.25) is 19.7 Å². The fraction of sp³-hybridized carbons (Fsp3) is 0.222. The van der Waals surface area contributed by atoms with Gasteiger partial charge in [-0.15, -0.1) is 11.8 Å². The van der Waals surface area contributed by atoms with Gasteiger partial charge in [-0.1, -0.05) is 17.7 Å². The van der Waals surface area contributed by atoms with Crippen LogP contribution < -0.4 is 5.32 Å². The van der Waals surface area contributed by atoms with Gasteiger partial charge in [0.05, 0.1) is 4.92 Å². The highest BCUT2D eigenvalue weighted by atomic mass is 32.2. The predicted octanol–water partition coefficient (Wildman–Crippen LogP) is 3.57. The molecular weight excluding hydrogens is 356 g/mol. The summed E-state index contributed by atoms with van der Waals surface area (Å²) in [5.74, 6) is -0.956. The largest absolute Gasteiger partial charge is 0.455 e. The number of ether oxygens (including phenoxy) is 1. The number of hydrogen-bond acceptors (Lipinski definition) is 6. The lowest BCUT2D eigenvalue weighted by Crippen LogP contribution is -2.24. The fourth-order valence-electron chi connectivity index (χ4n) is 1.99. The molecule has 1 amide bonds. The standard InChI is InChI=1S/C18H18N2O5S/c1-12-3-5-14(6-4-12)19-17(21)11-25-18(22)13(2)26-16-9-7-15(8-10-16)20(23)24/h3-10,13H,11H2,1-2H3,(H,19,21)/t13-/m1/s1. The average molecular weight is 374 g/mol. The van der Waals surface area contributed by atoms with E-state index in [1.54, 1.807) is 31.2 Å². The van der Waals surface area contributed by atoms with Gasteiger partial charge in [-0.25, -0.2) is 0 Å². The van der Waals surface area contributed by atoms with Crippen molar-refractivity contribution in [2.45, 2.75) is 24.0 Å². The Morgan fingerprint density at radius 2 is 1.77 bits per heavy atom. The zero-order valence-corrected chi connectivity index (χ0v) is 15.1. The third-order valence-electron chi connectivity index (χ3n) is 3.37. The molecule has 0 radical (unpaired) electrons. The first-order valence-corrected chi connectivity index (χ1v) is 8.67. The van der Waals surface area contributed by atoms with Gasteiger partial charge in [0.1, 0.15) is 5.25 Å². The van der Waals surface area contributed by atoms with Crippen LogP contribution in [0.3, 0.4) is 0 Å². The summed E-state index contributed by atoms with van der Waals surface area (Å²) in [5.41, 5.74) is 1.69. The van der Waals surface area contributed by atoms with E-state index in [0.717, 1.165) is 5.56 Å². The van der Waals surface area contributed by atoms with Crippen molar-refractivity contribution in [2.75, 3.05) is 11.9 Å². The van der Waals surface area contributed by atoms with Crippen molar-refractivity contribution in [3.05, 3.63) is 64.2 Å². The molecule has 2 aromatic rings. The van der Waals surface area contributed by atoms with E-state index in [1.165, 1.54) is 23.9 Å². The van der Waals surface area contributed by atoms with Crippen molar-refractivity contribution in [3.63, 3.8) is 0 Å². The summed E-state index contributed by atoms with van der Waals surface area (Å²) in [4.78, 5) is 34.7. The van der Waals surface area contributed by atoms with Gasteiger partial charge in [-0.05, 0) is 38.1 Å². The van der Waals surface area contributed by atoms with Crippen LogP contribution in [0.5, 0.6) is 0 Å². The van der Waals surface area contributed by atoms with Crippen molar-refractivity contribution in [3.8, 4) is 0 Å². The maximum atomic E-state index is 12.0. The Morgan fingerprint density at radius 3 is 2.35 bits per heavy atom. The SMILES string of the molecule is Cc1ccc(NC(=O)COC(=O)[C@@H](C)Sc2ccc([N+](=O)[O-])cc2)cc1. The molecule has 0 aliphatic heterocycles. The number of anilines is 1. The minimum atomic E-state index is -0.552. The average Bonchev–Trinajstić information content (AvgIpc) is 2.62. The highest BCUT2D eigenvalue weighted by Gasteiger charge is 2.18. The molecule has 0 aliphatic carbocycles. The van der Waals surface area contributed by atoms with Gasteiger partial charge in [-0.2, -0.15) is 0 Å². The summed E-state index contributed by atoms with van der Waals surface area (Å²) in [7, 11) is 0. The van der Waals surface area contributed by atoms with Crippen LogP contribution in [0.4, 0.5) is 11.4 Å². The quantitative estimate of drug-likeness (QED) is 0.344. The summed E-state index contributed by atoms with van der Waals surface area (Å²) >= 11 is 1.20. The van der Waals surface area contributed by atoms with E-state index >= 15 is 0 Å². The first-order chi connectivity index (χ1) is 12.3. The summed E-state index contributed by atoms with van der Waals surface area (Å²) < 4.78 is 5.02. The van der Waals surface area contributed by atoms with Gasteiger partial charge in [0, 0.05) is 22.7 Å². The number of thioether (sulfide) groups is 1. The van der Waals surface area contributed by atoms with E-state index in [4.69, 9.17) is 4.74 Å². The predicted molar refractivity (Wildman–Crippen MR) is 99.2 cm³/mol. The minimum absolute atomic E-state index is 0.0163. The van der Waals surface area contributed by atoms with E-state index in [-0.39, 0.29) is 12.3 Å². The number of carbonyl (C=O) groups is 2. The second-order valence-electron chi connectivity index (χ2n) is 5.53. The lowest BCUT2D eigenvalue weighted by atomic mass is 10.2. The molecule has 1 N–H and O–H groups in total. The molecular formula is C18H18N2O5S. The monoisotopic (exact) mass is 374 g/mol. The van der Waals surface area contributed by atoms with Gasteiger partial charge >= 0.3 is 5.97 Å². The van der Waals surface area contributed by atoms with Crippen LogP contribution in [0.25, 0.3) is 0 Å². The van der Waals surface area contributed by atoms with Crippen LogP contribution in [0.15, 0.2) is 53.4 Å². The van der Waals surface area contributed by atoms with Crippen LogP contribution in [0, 0.1) is 17.0 Å². The second-order valence-corrected chi connectivity index (χ2v) is 6.95. The molecule has 0 bridgehead atoms. The van der Waals surface area contributed by atoms with Gasteiger partial charge in [0.2, 0.25) is 0 Å². The molecule has 0 heterocycles. The topological polar surface area (TPSA) is 98.5 Å². The van der Waals surface area contributed by atoms with Gasteiger partial charge in [0.15, 0.2) is 6.61 Å². The number of esters is 1. The molecule has 1 atom stereocenters. The number of amides is 1. The Bertz CT molecular complexity index is 790. The summed E-state index contributed by atoms with van der Waals surface area (Å²) in [6.07, 6.45) is 0. The molecule has 136 valence electrons. The number of nitro groups is 1. The van der Waals surface area contributed by atoms with E-state index in [9.17, 15) is 19.7 Å². The number of carbonyl (C=O) groups excluding carboxylic acids is 2. The lowest BCUT2D eigenvalue weighted by Gasteiger charge is -2.11. The Kier molecular flexibility index (Phi) is 6.74. The van der Waals surface area contributed by atoms with Crippen molar-refractivity contribution in [2.24, 2.45) is 0 Å². The van der Waals surface area contributed by atoms with E-state index in [2.05, 4.69) is 5.32 Å². The molecule has 2 rings (SSSR count). The molecule has 0 saturated heterocycles. The normalized spacial score (nSPS) is 11.5. The van der Waals surface area contributed by atoms with Crippen LogP contribution in [0.1, 0.15) is 12.5 Å². The van der Waals surface area contributed by atoms with Crippen LogP contribution >= 0.6 is 11.8 Å². The molecule has 0 spiro atoms. The molecule has 0 unspecified atom stereocenters. The van der Waals surface area contributed by atoms with Crippen molar-refractivity contribution < 1.29 is 19.2 Å². The smallest absolute Gasteiger partial charge is 0.319 e. The third-order valence-corrected chi connectivity index (χ3v) is 4.46. The molecule has 8 heteroatoms. The molecule has 7 nitrogen and oxygen atoms in total. The molecule has 0 aromatic heterocycles. The van der Waals surface area contributed by atoms with Crippen molar-refractivity contribution in [1.82, 2.24) is 0 Å². The Hall–Kier alpha value is -2.87. The van der Waals surface area contributed by atoms with Gasteiger partial charge < -0.3 is 10.1 Å². The van der Waals surface area contributed by atoms with Crippen LogP contribution in [0.2, 0.25) is 0 Å². The zero-order valence-electron chi connectivity index (χ0n) is 14.3. The number of nitro benzene ring substituents is 1. The molecule has 0 aliphatic rings. The molecule has 26 heavy (non-hydrogen) atoms. The maximum absolute atomic E-state index is 12.0. The number of benzene rings is 2. The lowest BCUT2D eigenvalue weighted by molar-refractivity contribution is -0.384. The Labute approximate surface area is 154 Å². The van der Waals surface area contributed by atoms with E-state index < -0.39 is 22.0 Å². The maximum Gasteiger partial charge on any atom is 0.319 e. The number of aryl methyl sites for hydroxylation is 1. The first kappa shape index (κ1) is 19.5. The van der Waals surface area contributed by atoms with Gasteiger partial charge in [0.25, 0.3) is 11.6 Å². The molecule has 0 fully saturated rings. The molecule has 2 aromatic carbocycles. The fourth-order valence-corrected chi connectivity index (χ4v) is 2.85. The summed E-state index contributed by atoms with van der Waals surface area (Å²) in [6, 6.07) is 13.1. The van der Waals surface area contributed by atoms with E-state index in [0.29, 0.717) is 10.6 Å². The first-order valence-electron chi connectivity index (χ1n) is 7.79. The number of nitrogens with zero attached hydrogens (tertiary/aromatic N) is 1. The van der Waals surface area contributed by atoms with Crippen LogP contribution in [-0.4, -0.2) is 28.7 Å². The zero-order chi connectivity index (χ0) is 19.1. The van der Waals surface area contributed by atoms with Crippen molar-refractivity contribution >= 4 is 35.0 Å². The minimum Gasteiger partial charge on any atom is -0.455 e. The summed E-state index contributed by atoms with van der Waals surface area (Å²) in [6.45, 7) is 3.21. The number of hydrogen-bond donors (Lipinski definition) is 1. The number of nitrogens with one attached hydrogen (secondary N) is 1. The Balaban J connectivity index is 1.79. The Morgan fingerprint density at radius 1 is 1.15 bits per heavy atom. The second kappa shape index (κ2) is 9.00. The van der Waals surface area contributed by atoms with E-state index in [1.807, 2.05) is 19.1 Å². The number of rotatable bonds is 7. The highest BCUT2D eigenvalue weighted by Crippen LogP contribution is 2.26. The van der Waals surface area contributed by atoms with Crippen molar-refractivity contribution in [1.29, 1.82) is 0 Å². The third kappa shape index (κ3) is 5.89.